The number of carbonyl (C=O) groups is 1. The lowest BCUT2D eigenvalue weighted by atomic mass is 9.90. The van der Waals surface area contributed by atoms with Gasteiger partial charge in [0.25, 0.3) is 0 Å². The van der Waals surface area contributed by atoms with Crippen LogP contribution in [-0.2, 0) is 22.7 Å². The predicted octanol–water partition coefficient (Wildman–Crippen LogP) is 7.84. The summed E-state index contributed by atoms with van der Waals surface area (Å²) >= 11 is 0. The van der Waals surface area contributed by atoms with Crippen LogP contribution in [0.2, 0.25) is 0 Å². The number of rotatable bonds is 18. The molecule has 0 heterocycles. The first kappa shape index (κ1) is 33.3. The summed E-state index contributed by atoms with van der Waals surface area (Å²) in [5.41, 5.74) is 5.52. The number of aliphatic hydroxyl groups excluding tert-OH is 2. The molecule has 0 amide bonds. The van der Waals surface area contributed by atoms with E-state index < -0.39 is 12.2 Å². The fourth-order valence-electron chi connectivity index (χ4n) is 5.30. The molecule has 4 rings (SSSR count). The van der Waals surface area contributed by atoms with E-state index in [-0.39, 0.29) is 17.6 Å². The summed E-state index contributed by atoms with van der Waals surface area (Å²) in [6.07, 6.45) is 1.90. The number of hydrogen-bond acceptors (Lipinski definition) is 5. The summed E-state index contributed by atoms with van der Waals surface area (Å²) in [6.45, 7) is 6.39. The maximum absolute atomic E-state index is 13.2. The zero-order valence-electron chi connectivity index (χ0n) is 26.0. The molecule has 4 aromatic carbocycles. The van der Waals surface area contributed by atoms with Crippen molar-refractivity contribution in [3.05, 3.63) is 143 Å². The maximum atomic E-state index is 13.2. The Labute approximate surface area is 262 Å². The van der Waals surface area contributed by atoms with Gasteiger partial charge >= 0.3 is 0 Å². The summed E-state index contributed by atoms with van der Waals surface area (Å²) in [5.74, 6) is -0.137. The second-order valence-electron chi connectivity index (χ2n) is 11.6. The molecule has 0 aliphatic heterocycles. The van der Waals surface area contributed by atoms with E-state index in [1.165, 1.54) is 0 Å². The van der Waals surface area contributed by atoms with Crippen molar-refractivity contribution in [1.29, 1.82) is 0 Å². The molecule has 4 aromatic rings. The van der Waals surface area contributed by atoms with Crippen molar-refractivity contribution < 1.29 is 24.5 Å². The smallest absolute Gasteiger partial charge is 0.193 e. The number of ketones is 1. The van der Waals surface area contributed by atoms with Gasteiger partial charge < -0.3 is 19.7 Å². The van der Waals surface area contributed by atoms with Crippen LogP contribution in [0, 0.1) is 0 Å². The van der Waals surface area contributed by atoms with Crippen LogP contribution in [0.3, 0.4) is 0 Å². The van der Waals surface area contributed by atoms with E-state index in [9.17, 15) is 15.0 Å². The lowest BCUT2D eigenvalue weighted by Gasteiger charge is -2.20. The predicted molar refractivity (Wildman–Crippen MR) is 176 cm³/mol. The van der Waals surface area contributed by atoms with Crippen LogP contribution >= 0.6 is 0 Å². The first-order valence-corrected chi connectivity index (χ1v) is 15.8. The number of carbonyl (C=O) groups excluding carboxylic acids is 1. The molecule has 0 saturated heterocycles. The first-order valence-electron chi connectivity index (χ1n) is 15.8. The Bertz CT molecular complexity index is 1260. The number of aliphatic hydroxyl groups is 2. The van der Waals surface area contributed by atoms with Crippen LogP contribution in [0.25, 0.3) is 0 Å². The van der Waals surface area contributed by atoms with E-state index in [0.717, 1.165) is 35.1 Å². The number of benzene rings is 4. The normalized spacial score (nSPS) is 14.1. The van der Waals surface area contributed by atoms with Crippen molar-refractivity contribution in [1.82, 2.24) is 0 Å². The molecule has 0 radical (unpaired) electrons. The monoisotopic (exact) mass is 594 g/mol. The number of hydrogen-bond donors (Lipinski definition) is 2. The Kier molecular flexibility index (Phi) is 13.3. The van der Waals surface area contributed by atoms with Crippen LogP contribution in [0.15, 0.2) is 109 Å². The van der Waals surface area contributed by atoms with Gasteiger partial charge in [-0.1, -0.05) is 123 Å². The molecule has 4 unspecified atom stereocenters. The molecule has 0 saturated carbocycles. The van der Waals surface area contributed by atoms with Crippen LogP contribution in [0.1, 0.15) is 89.5 Å². The first-order chi connectivity index (χ1) is 21.4. The highest BCUT2D eigenvalue weighted by atomic mass is 16.5. The largest absolute Gasteiger partial charge is 0.393 e. The van der Waals surface area contributed by atoms with Gasteiger partial charge in [0.2, 0.25) is 0 Å². The van der Waals surface area contributed by atoms with Crippen molar-refractivity contribution in [2.24, 2.45) is 0 Å². The van der Waals surface area contributed by atoms with E-state index in [1.807, 2.05) is 123 Å². The maximum Gasteiger partial charge on any atom is 0.193 e. The third-order valence-corrected chi connectivity index (χ3v) is 8.35. The third kappa shape index (κ3) is 10.2. The van der Waals surface area contributed by atoms with Crippen molar-refractivity contribution in [2.45, 2.75) is 76.8 Å². The molecule has 232 valence electrons. The molecule has 0 bridgehead atoms. The second-order valence-corrected chi connectivity index (χ2v) is 11.6. The second kappa shape index (κ2) is 17.6. The lowest BCUT2D eigenvalue weighted by Crippen LogP contribution is -2.17. The van der Waals surface area contributed by atoms with Crippen LogP contribution in [0.5, 0.6) is 0 Å². The highest BCUT2D eigenvalue weighted by Crippen LogP contribution is 2.25. The average molecular weight is 595 g/mol. The van der Waals surface area contributed by atoms with Crippen molar-refractivity contribution in [3.8, 4) is 0 Å². The standard InChI is InChI=1S/C39H46O5/c1-29(37(40)15-9-25-43-27-31-11-5-3-6-12-31)33-17-21-35(22-18-33)39(42)36-23-19-34(20-24-36)30(2)38(41)16-10-26-44-28-32-13-7-4-8-14-32/h3-8,11-14,17-24,29-30,37-38,40-41H,9-10,15-16,25-28H2,1-2H3. The minimum atomic E-state index is -0.483. The fraction of sp³-hybridized carbons (Fsp3) is 0.359. The molecule has 0 aliphatic rings. The highest BCUT2D eigenvalue weighted by molar-refractivity contribution is 6.09. The van der Waals surface area contributed by atoms with Crippen molar-refractivity contribution >= 4 is 5.78 Å². The molecule has 5 nitrogen and oxygen atoms in total. The molecule has 44 heavy (non-hydrogen) atoms. The van der Waals surface area contributed by atoms with Gasteiger partial charge in [-0.15, -0.1) is 0 Å². The zero-order valence-corrected chi connectivity index (χ0v) is 26.0. The van der Waals surface area contributed by atoms with Gasteiger partial charge in [-0.3, -0.25) is 4.79 Å². The topological polar surface area (TPSA) is 76.0 Å². The minimum Gasteiger partial charge on any atom is -0.393 e. The van der Waals surface area contributed by atoms with Crippen molar-refractivity contribution in [2.75, 3.05) is 13.2 Å². The number of ether oxygens (including phenoxy) is 2. The third-order valence-electron chi connectivity index (χ3n) is 8.35. The van der Waals surface area contributed by atoms with Crippen LogP contribution < -0.4 is 0 Å². The Morgan fingerprint density at radius 3 is 1.30 bits per heavy atom. The summed E-state index contributed by atoms with van der Waals surface area (Å²) < 4.78 is 11.5. The van der Waals surface area contributed by atoms with E-state index in [2.05, 4.69) is 0 Å². The molecule has 5 heteroatoms. The Balaban J connectivity index is 1.19. The molecule has 0 fully saturated rings. The summed E-state index contributed by atoms with van der Waals surface area (Å²) in [7, 11) is 0. The van der Waals surface area contributed by atoms with Gasteiger partial charge in [-0.2, -0.15) is 0 Å². The van der Waals surface area contributed by atoms with Gasteiger partial charge in [-0.05, 0) is 47.9 Å². The Morgan fingerprint density at radius 2 is 0.932 bits per heavy atom. The van der Waals surface area contributed by atoms with Crippen molar-refractivity contribution in [3.63, 3.8) is 0 Å². The highest BCUT2D eigenvalue weighted by Gasteiger charge is 2.19. The molecule has 2 N–H and O–H groups in total. The lowest BCUT2D eigenvalue weighted by molar-refractivity contribution is 0.0898. The van der Waals surface area contributed by atoms with E-state index in [0.29, 0.717) is 50.4 Å². The molecular weight excluding hydrogens is 548 g/mol. The van der Waals surface area contributed by atoms with E-state index >= 15 is 0 Å². The van der Waals surface area contributed by atoms with E-state index in [1.54, 1.807) is 0 Å². The molecule has 0 spiro atoms. The van der Waals surface area contributed by atoms with Gasteiger partial charge in [-0.25, -0.2) is 0 Å². The van der Waals surface area contributed by atoms with Gasteiger partial charge in [0.15, 0.2) is 5.78 Å². The quantitative estimate of drug-likeness (QED) is 0.0907. The van der Waals surface area contributed by atoms with Crippen LogP contribution in [-0.4, -0.2) is 41.4 Å². The minimum absolute atomic E-state index is 0.0455. The Morgan fingerprint density at radius 1 is 0.568 bits per heavy atom. The summed E-state index contributed by atoms with van der Waals surface area (Å²) in [4.78, 5) is 13.2. The molecular formula is C39H46O5. The Hall–Kier alpha value is -3.61. The van der Waals surface area contributed by atoms with Gasteiger partial charge in [0.05, 0.1) is 25.4 Å². The SMILES string of the molecule is CC(c1ccc(C(=O)c2ccc(C(C)C(O)CCCOCc3ccccc3)cc2)cc1)C(O)CCCOCc1ccccc1. The van der Waals surface area contributed by atoms with Gasteiger partial charge in [0.1, 0.15) is 0 Å². The fourth-order valence-corrected chi connectivity index (χ4v) is 5.30. The van der Waals surface area contributed by atoms with Gasteiger partial charge in [0, 0.05) is 36.2 Å². The van der Waals surface area contributed by atoms with Crippen LogP contribution in [0.4, 0.5) is 0 Å². The molecule has 4 atom stereocenters. The average Bonchev–Trinajstić information content (AvgIpc) is 3.08. The van der Waals surface area contributed by atoms with E-state index in [4.69, 9.17) is 9.47 Å². The molecule has 0 aromatic heterocycles. The summed E-state index contributed by atoms with van der Waals surface area (Å²) in [5, 5.41) is 21.4. The zero-order chi connectivity index (χ0) is 31.1. The molecule has 0 aliphatic carbocycles. The summed E-state index contributed by atoms with van der Waals surface area (Å²) in [6, 6.07) is 35.2.